The minimum Gasteiger partial charge on any atom is -0.465 e. The van der Waals surface area contributed by atoms with Crippen LogP contribution in [-0.4, -0.2) is 35.0 Å². The molecule has 0 saturated heterocycles. The van der Waals surface area contributed by atoms with Crippen molar-refractivity contribution in [3.8, 4) is 0 Å². The highest BCUT2D eigenvalue weighted by molar-refractivity contribution is 5.95. The van der Waals surface area contributed by atoms with E-state index in [2.05, 4.69) is 12.1 Å². The molecule has 0 fully saturated rings. The second-order valence-corrected chi connectivity index (χ2v) is 6.54. The fourth-order valence-electron chi connectivity index (χ4n) is 3.52. The minimum atomic E-state index is -0.376. The number of hydrogen-bond donors (Lipinski definition) is 0. The van der Waals surface area contributed by atoms with Crippen molar-refractivity contribution in [1.29, 1.82) is 0 Å². The van der Waals surface area contributed by atoms with Crippen molar-refractivity contribution in [2.45, 2.75) is 19.5 Å². The topological polar surface area (TPSA) is 51.5 Å². The monoisotopic (exact) mass is 348 g/mol. The van der Waals surface area contributed by atoms with E-state index in [1.807, 2.05) is 39.9 Å². The molecule has 26 heavy (non-hydrogen) atoms. The second kappa shape index (κ2) is 6.67. The van der Waals surface area contributed by atoms with Crippen LogP contribution in [0.25, 0.3) is 10.9 Å². The Kier molecular flexibility index (Phi) is 4.21. The van der Waals surface area contributed by atoms with Crippen LogP contribution in [0, 0.1) is 0 Å². The molecule has 4 rings (SSSR count). The Bertz CT molecular complexity index is 990. The summed E-state index contributed by atoms with van der Waals surface area (Å²) in [6.07, 6.45) is 2.78. The van der Waals surface area contributed by atoms with Crippen molar-refractivity contribution >= 4 is 22.8 Å². The smallest absolute Gasteiger partial charge is 0.337 e. The highest BCUT2D eigenvalue weighted by atomic mass is 16.5. The summed E-state index contributed by atoms with van der Waals surface area (Å²) >= 11 is 0. The van der Waals surface area contributed by atoms with Crippen LogP contribution in [0.5, 0.6) is 0 Å². The summed E-state index contributed by atoms with van der Waals surface area (Å²) in [6.45, 7) is 1.65. The maximum Gasteiger partial charge on any atom is 0.337 e. The lowest BCUT2D eigenvalue weighted by Gasteiger charge is -2.29. The van der Waals surface area contributed by atoms with Gasteiger partial charge in [-0.25, -0.2) is 4.79 Å². The van der Waals surface area contributed by atoms with E-state index in [0.717, 1.165) is 23.9 Å². The molecule has 0 saturated carbocycles. The highest BCUT2D eigenvalue weighted by Gasteiger charge is 2.21. The molecule has 132 valence electrons. The number of benzene rings is 2. The molecule has 0 bridgehead atoms. The number of carbonyl (C=O) groups excluding carboxylic acids is 2. The SMILES string of the molecule is COC(=O)c1ccc2ccn(CC(=O)N3CCc4ccccc4C3)c2c1. The van der Waals surface area contributed by atoms with E-state index in [1.165, 1.54) is 18.2 Å². The molecule has 0 aliphatic carbocycles. The van der Waals surface area contributed by atoms with Gasteiger partial charge in [-0.1, -0.05) is 30.3 Å². The van der Waals surface area contributed by atoms with Crippen molar-refractivity contribution in [3.63, 3.8) is 0 Å². The Morgan fingerprint density at radius 1 is 1.08 bits per heavy atom. The van der Waals surface area contributed by atoms with Crippen LogP contribution in [0.3, 0.4) is 0 Å². The summed E-state index contributed by atoms with van der Waals surface area (Å²) < 4.78 is 6.68. The zero-order chi connectivity index (χ0) is 18.1. The summed E-state index contributed by atoms with van der Waals surface area (Å²) in [4.78, 5) is 26.5. The molecule has 1 aromatic heterocycles. The van der Waals surface area contributed by atoms with Crippen LogP contribution in [-0.2, 0) is 29.0 Å². The zero-order valence-corrected chi connectivity index (χ0v) is 14.6. The molecule has 0 unspecified atom stereocenters. The van der Waals surface area contributed by atoms with E-state index < -0.39 is 0 Å². The molecule has 0 radical (unpaired) electrons. The van der Waals surface area contributed by atoms with Gasteiger partial charge < -0.3 is 14.2 Å². The number of methoxy groups -OCH3 is 1. The van der Waals surface area contributed by atoms with Gasteiger partial charge in [-0.3, -0.25) is 4.79 Å². The van der Waals surface area contributed by atoms with Gasteiger partial charge in [0, 0.05) is 24.8 Å². The lowest BCUT2D eigenvalue weighted by Crippen LogP contribution is -2.37. The Hall–Kier alpha value is -3.08. The largest absolute Gasteiger partial charge is 0.465 e. The number of aromatic nitrogens is 1. The first kappa shape index (κ1) is 16.4. The molecule has 5 heteroatoms. The number of esters is 1. The Balaban J connectivity index is 1.55. The summed E-state index contributed by atoms with van der Waals surface area (Å²) in [5.74, 6) is -0.293. The minimum absolute atomic E-state index is 0.0838. The average molecular weight is 348 g/mol. The molecule has 1 amide bonds. The van der Waals surface area contributed by atoms with Crippen molar-refractivity contribution in [2.75, 3.05) is 13.7 Å². The van der Waals surface area contributed by atoms with Gasteiger partial charge in [0.2, 0.25) is 5.91 Å². The van der Waals surface area contributed by atoms with Crippen LogP contribution < -0.4 is 0 Å². The Morgan fingerprint density at radius 3 is 2.69 bits per heavy atom. The molecule has 5 nitrogen and oxygen atoms in total. The van der Waals surface area contributed by atoms with Gasteiger partial charge in [0.05, 0.1) is 12.7 Å². The molecule has 0 spiro atoms. The maximum atomic E-state index is 12.8. The fraction of sp³-hybridized carbons (Fsp3) is 0.238. The van der Waals surface area contributed by atoms with Crippen LogP contribution >= 0.6 is 0 Å². The molecule has 1 aliphatic heterocycles. The van der Waals surface area contributed by atoms with Crippen LogP contribution in [0.2, 0.25) is 0 Å². The Morgan fingerprint density at radius 2 is 1.88 bits per heavy atom. The van der Waals surface area contributed by atoms with Gasteiger partial charge >= 0.3 is 5.97 Å². The summed E-state index contributed by atoms with van der Waals surface area (Å²) in [6, 6.07) is 15.6. The lowest BCUT2D eigenvalue weighted by atomic mass is 10.00. The van der Waals surface area contributed by atoms with Gasteiger partial charge in [0.1, 0.15) is 6.54 Å². The summed E-state index contributed by atoms with van der Waals surface area (Å²) in [7, 11) is 1.36. The van der Waals surface area contributed by atoms with Crippen molar-refractivity contribution in [3.05, 3.63) is 71.4 Å². The Labute approximate surface area is 151 Å². The van der Waals surface area contributed by atoms with E-state index in [9.17, 15) is 9.59 Å². The van der Waals surface area contributed by atoms with Crippen LogP contribution in [0.15, 0.2) is 54.7 Å². The third-order valence-electron chi connectivity index (χ3n) is 4.98. The molecule has 0 atom stereocenters. The summed E-state index contributed by atoms with van der Waals surface area (Å²) in [5, 5.41) is 0.995. The van der Waals surface area contributed by atoms with E-state index >= 15 is 0 Å². The van der Waals surface area contributed by atoms with E-state index in [4.69, 9.17) is 4.74 Å². The van der Waals surface area contributed by atoms with Crippen LogP contribution in [0.4, 0.5) is 0 Å². The molecule has 2 aromatic carbocycles. The standard InChI is InChI=1S/C21H20N2O3/c1-26-21(25)17-7-6-16-9-10-22(19(16)12-17)14-20(24)23-11-8-15-4-2-3-5-18(15)13-23/h2-7,9-10,12H,8,11,13-14H2,1H3. The predicted octanol–water partition coefficient (Wildman–Crippen LogP) is 3.01. The van der Waals surface area contributed by atoms with Gasteiger partial charge in [-0.2, -0.15) is 0 Å². The number of ether oxygens (including phenoxy) is 1. The quantitative estimate of drug-likeness (QED) is 0.684. The number of hydrogen-bond acceptors (Lipinski definition) is 3. The first-order chi connectivity index (χ1) is 12.7. The van der Waals surface area contributed by atoms with E-state index in [0.29, 0.717) is 12.1 Å². The first-order valence-corrected chi connectivity index (χ1v) is 8.67. The third kappa shape index (κ3) is 2.96. The number of amides is 1. The van der Waals surface area contributed by atoms with Crippen molar-refractivity contribution in [2.24, 2.45) is 0 Å². The van der Waals surface area contributed by atoms with Gasteiger partial charge in [0.15, 0.2) is 0 Å². The average Bonchev–Trinajstić information content (AvgIpc) is 3.09. The normalized spacial score (nSPS) is 13.5. The predicted molar refractivity (Wildman–Crippen MR) is 98.8 cm³/mol. The first-order valence-electron chi connectivity index (χ1n) is 8.67. The number of nitrogens with zero attached hydrogens (tertiary/aromatic N) is 2. The molecular formula is C21H20N2O3. The molecular weight excluding hydrogens is 328 g/mol. The van der Waals surface area contributed by atoms with E-state index in [-0.39, 0.29) is 18.4 Å². The third-order valence-corrected chi connectivity index (χ3v) is 4.98. The molecule has 0 N–H and O–H groups in total. The molecule has 2 heterocycles. The van der Waals surface area contributed by atoms with Crippen LogP contribution in [0.1, 0.15) is 21.5 Å². The zero-order valence-electron chi connectivity index (χ0n) is 14.6. The lowest BCUT2D eigenvalue weighted by molar-refractivity contribution is -0.132. The highest BCUT2D eigenvalue weighted by Crippen LogP contribution is 2.21. The number of carbonyl (C=O) groups is 2. The summed E-state index contributed by atoms with van der Waals surface area (Å²) in [5.41, 5.74) is 3.89. The van der Waals surface area contributed by atoms with Crippen molar-refractivity contribution < 1.29 is 14.3 Å². The van der Waals surface area contributed by atoms with Gasteiger partial charge in [-0.15, -0.1) is 0 Å². The number of rotatable bonds is 3. The molecule has 1 aliphatic rings. The van der Waals surface area contributed by atoms with Gasteiger partial charge in [-0.05, 0) is 41.1 Å². The molecule has 3 aromatic rings. The van der Waals surface area contributed by atoms with Crippen molar-refractivity contribution in [1.82, 2.24) is 9.47 Å². The van der Waals surface area contributed by atoms with Gasteiger partial charge in [0.25, 0.3) is 0 Å². The second-order valence-electron chi connectivity index (χ2n) is 6.54. The van der Waals surface area contributed by atoms with E-state index in [1.54, 1.807) is 12.1 Å². The number of fused-ring (bicyclic) bond motifs is 2. The maximum absolute atomic E-state index is 12.8. The fourth-order valence-corrected chi connectivity index (χ4v) is 3.52.